The average Bonchev–Trinajstić information content (AvgIpc) is 3.41. The summed E-state index contributed by atoms with van der Waals surface area (Å²) in [5.41, 5.74) is 4.46. The van der Waals surface area contributed by atoms with Crippen LogP contribution < -0.4 is 5.32 Å². The molecule has 0 aromatic heterocycles. The Balaban J connectivity index is 1.41. The predicted molar refractivity (Wildman–Crippen MR) is 121 cm³/mol. The smallest absolute Gasteiger partial charge is 0.407 e. The van der Waals surface area contributed by atoms with Gasteiger partial charge in [-0.2, -0.15) is 0 Å². The van der Waals surface area contributed by atoms with Crippen molar-refractivity contribution in [3.8, 4) is 11.1 Å². The minimum absolute atomic E-state index is 0.0867. The van der Waals surface area contributed by atoms with Crippen molar-refractivity contribution >= 4 is 18.0 Å². The standard InChI is InChI=1S/C25H28N2O6/c1-3-21(23(28)27-13-15(32-2)12-22(27)24(29)30)26-25(31)33-14-20-18-10-6-4-8-16(18)17-9-5-7-11-19(17)20/h4-11,15,20-22H,3,12-14H2,1-2H3,(H,26,31)(H,29,30)/t15?,21-,22?/m0/s1. The van der Waals surface area contributed by atoms with E-state index in [0.717, 1.165) is 22.3 Å². The second-order valence-electron chi connectivity index (χ2n) is 8.37. The number of aliphatic carboxylic acids is 1. The summed E-state index contributed by atoms with van der Waals surface area (Å²) in [6, 6.07) is 14.2. The monoisotopic (exact) mass is 452 g/mol. The molecule has 0 radical (unpaired) electrons. The molecule has 1 aliphatic carbocycles. The number of likely N-dealkylation sites (tertiary alicyclic amines) is 1. The molecular weight excluding hydrogens is 424 g/mol. The van der Waals surface area contributed by atoms with Gasteiger partial charge < -0.3 is 24.8 Å². The second-order valence-corrected chi connectivity index (χ2v) is 8.37. The van der Waals surface area contributed by atoms with Crippen LogP contribution in [0.25, 0.3) is 11.1 Å². The molecular formula is C25H28N2O6. The van der Waals surface area contributed by atoms with E-state index in [1.165, 1.54) is 12.0 Å². The van der Waals surface area contributed by atoms with E-state index in [1.54, 1.807) is 6.92 Å². The Hall–Kier alpha value is -3.39. The molecule has 2 unspecified atom stereocenters. The molecule has 0 saturated carbocycles. The van der Waals surface area contributed by atoms with Crippen LogP contribution in [-0.2, 0) is 19.1 Å². The molecule has 1 fully saturated rings. The van der Waals surface area contributed by atoms with Gasteiger partial charge in [0, 0.05) is 26.0 Å². The number of ether oxygens (including phenoxy) is 2. The third kappa shape index (κ3) is 4.43. The van der Waals surface area contributed by atoms with E-state index in [1.807, 2.05) is 36.4 Å². The summed E-state index contributed by atoms with van der Waals surface area (Å²) in [5, 5.41) is 12.1. The summed E-state index contributed by atoms with van der Waals surface area (Å²) in [4.78, 5) is 38.5. The minimum atomic E-state index is -1.08. The van der Waals surface area contributed by atoms with Crippen molar-refractivity contribution in [1.82, 2.24) is 10.2 Å². The normalized spacial score (nSPS) is 20.1. The maximum atomic E-state index is 13.0. The van der Waals surface area contributed by atoms with Crippen molar-refractivity contribution in [2.45, 2.75) is 43.9 Å². The number of amides is 2. The molecule has 4 rings (SSSR count). The quantitative estimate of drug-likeness (QED) is 0.669. The van der Waals surface area contributed by atoms with Gasteiger partial charge in [-0.05, 0) is 28.7 Å². The second kappa shape index (κ2) is 9.62. The number of methoxy groups -OCH3 is 1. The Morgan fingerprint density at radius 3 is 2.24 bits per heavy atom. The van der Waals surface area contributed by atoms with Gasteiger partial charge in [0.15, 0.2) is 0 Å². The lowest BCUT2D eigenvalue weighted by atomic mass is 9.98. The largest absolute Gasteiger partial charge is 0.480 e. The first kappa shape index (κ1) is 22.8. The van der Waals surface area contributed by atoms with Gasteiger partial charge >= 0.3 is 12.1 Å². The highest BCUT2D eigenvalue weighted by Crippen LogP contribution is 2.44. The van der Waals surface area contributed by atoms with E-state index in [2.05, 4.69) is 17.4 Å². The maximum Gasteiger partial charge on any atom is 0.407 e. The van der Waals surface area contributed by atoms with Crippen molar-refractivity contribution in [2.24, 2.45) is 0 Å². The number of nitrogens with one attached hydrogen (secondary N) is 1. The zero-order valence-electron chi connectivity index (χ0n) is 18.7. The Labute approximate surface area is 192 Å². The van der Waals surface area contributed by atoms with Gasteiger partial charge in [-0.3, -0.25) is 4.79 Å². The zero-order chi connectivity index (χ0) is 23.5. The lowest BCUT2D eigenvalue weighted by molar-refractivity contribution is -0.149. The van der Waals surface area contributed by atoms with Crippen LogP contribution in [0.1, 0.15) is 36.8 Å². The molecule has 0 spiro atoms. The van der Waals surface area contributed by atoms with Gasteiger partial charge in [0.1, 0.15) is 18.7 Å². The maximum absolute atomic E-state index is 13.0. The van der Waals surface area contributed by atoms with Gasteiger partial charge in [0.05, 0.1) is 6.10 Å². The summed E-state index contributed by atoms with van der Waals surface area (Å²) in [7, 11) is 1.49. The van der Waals surface area contributed by atoms with Crippen molar-refractivity contribution in [3.63, 3.8) is 0 Å². The molecule has 0 bridgehead atoms. The SMILES string of the molecule is CC[C@H](NC(=O)OCC1c2ccccc2-c2ccccc21)C(=O)N1CC(OC)CC1C(=O)O. The van der Waals surface area contributed by atoms with Gasteiger partial charge in [0.25, 0.3) is 0 Å². The molecule has 1 saturated heterocycles. The van der Waals surface area contributed by atoms with Crippen molar-refractivity contribution < 1.29 is 29.0 Å². The first-order valence-electron chi connectivity index (χ1n) is 11.1. The highest BCUT2D eigenvalue weighted by atomic mass is 16.5. The number of carboxylic acids is 1. The van der Waals surface area contributed by atoms with Gasteiger partial charge in [-0.15, -0.1) is 0 Å². The summed E-state index contributed by atoms with van der Waals surface area (Å²) in [5.74, 6) is -1.62. The van der Waals surface area contributed by atoms with Crippen LogP contribution in [0.4, 0.5) is 4.79 Å². The topological polar surface area (TPSA) is 105 Å². The van der Waals surface area contributed by atoms with Gasteiger partial charge in [0.2, 0.25) is 5.91 Å². The molecule has 8 nitrogen and oxygen atoms in total. The first-order valence-corrected chi connectivity index (χ1v) is 11.1. The summed E-state index contributed by atoms with van der Waals surface area (Å²) in [6.45, 7) is 2.07. The van der Waals surface area contributed by atoms with E-state index in [4.69, 9.17) is 9.47 Å². The Morgan fingerprint density at radius 2 is 1.70 bits per heavy atom. The fraction of sp³-hybridized carbons (Fsp3) is 0.400. The number of carbonyl (C=O) groups excluding carboxylic acids is 2. The Morgan fingerprint density at radius 1 is 1.09 bits per heavy atom. The number of hydrogen-bond acceptors (Lipinski definition) is 5. The lowest BCUT2D eigenvalue weighted by Gasteiger charge is -2.26. The van der Waals surface area contributed by atoms with E-state index in [0.29, 0.717) is 6.42 Å². The van der Waals surface area contributed by atoms with Gasteiger partial charge in [-0.25, -0.2) is 9.59 Å². The van der Waals surface area contributed by atoms with Crippen LogP contribution >= 0.6 is 0 Å². The number of nitrogens with zero attached hydrogens (tertiary/aromatic N) is 1. The zero-order valence-corrected chi connectivity index (χ0v) is 18.7. The molecule has 2 amide bonds. The molecule has 174 valence electrons. The van der Waals surface area contributed by atoms with Crippen LogP contribution in [-0.4, -0.2) is 66.4 Å². The highest BCUT2D eigenvalue weighted by Gasteiger charge is 2.42. The van der Waals surface area contributed by atoms with Crippen molar-refractivity contribution in [3.05, 3.63) is 59.7 Å². The first-order chi connectivity index (χ1) is 15.9. The summed E-state index contributed by atoms with van der Waals surface area (Å²) in [6.07, 6.45) is -0.518. The summed E-state index contributed by atoms with van der Waals surface area (Å²) < 4.78 is 10.8. The van der Waals surface area contributed by atoms with Crippen LogP contribution in [0.15, 0.2) is 48.5 Å². The number of hydrogen-bond donors (Lipinski definition) is 2. The molecule has 2 aromatic rings. The van der Waals surface area contributed by atoms with Crippen molar-refractivity contribution in [2.75, 3.05) is 20.3 Å². The number of alkyl carbamates (subject to hydrolysis) is 1. The highest BCUT2D eigenvalue weighted by molar-refractivity contribution is 5.90. The minimum Gasteiger partial charge on any atom is -0.480 e. The van der Waals surface area contributed by atoms with E-state index >= 15 is 0 Å². The molecule has 3 atom stereocenters. The Bertz CT molecular complexity index is 1010. The molecule has 1 aliphatic heterocycles. The number of carboxylic acid groups (broad SMARTS) is 1. The number of carbonyl (C=O) groups is 3. The third-order valence-electron chi connectivity index (χ3n) is 6.51. The van der Waals surface area contributed by atoms with Crippen molar-refractivity contribution in [1.29, 1.82) is 0 Å². The molecule has 1 heterocycles. The van der Waals surface area contributed by atoms with Crippen LogP contribution in [0, 0.1) is 0 Å². The molecule has 2 aliphatic rings. The van der Waals surface area contributed by atoms with Gasteiger partial charge in [-0.1, -0.05) is 55.5 Å². The number of rotatable bonds is 7. The molecule has 2 N–H and O–H groups in total. The fourth-order valence-corrected chi connectivity index (χ4v) is 4.77. The predicted octanol–water partition coefficient (Wildman–Crippen LogP) is 3.00. The Kier molecular flexibility index (Phi) is 6.65. The third-order valence-corrected chi connectivity index (χ3v) is 6.51. The summed E-state index contributed by atoms with van der Waals surface area (Å²) >= 11 is 0. The van der Waals surface area contributed by atoms with E-state index < -0.39 is 30.1 Å². The van der Waals surface area contributed by atoms with E-state index in [-0.39, 0.29) is 31.6 Å². The number of fused-ring (bicyclic) bond motifs is 3. The van der Waals surface area contributed by atoms with Crippen LogP contribution in [0.3, 0.4) is 0 Å². The number of benzene rings is 2. The van der Waals surface area contributed by atoms with E-state index in [9.17, 15) is 19.5 Å². The average molecular weight is 453 g/mol. The molecule has 2 aromatic carbocycles. The van der Waals surface area contributed by atoms with Crippen LogP contribution in [0.5, 0.6) is 0 Å². The molecule has 8 heteroatoms. The lowest BCUT2D eigenvalue weighted by Crippen LogP contribution is -2.51. The molecule has 33 heavy (non-hydrogen) atoms. The van der Waals surface area contributed by atoms with Crippen LogP contribution in [0.2, 0.25) is 0 Å². The fourth-order valence-electron chi connectivity index (χ4n) is 4.77.